The van der Waals surface area contributed by atoms with E-state index in [4.69, 9.17) is 11.6 Å². The Morgan fingerprint density at radius 3 is 2.96 bits per heavy atom. The summed E-state index contributed by atoms with van der Waals surface area (Å²) in [5, 5.41) is 13.2. The van der Waals surface area contributed by atoms with E-state index in [0.717, 1.165) is 12.2 Å². The normalized spacial score (nSPS) is 22.0. The predicted octanol–water partition coefficient (Wildman–Crippen LogP) is 2.16. The molecule has 0 spiro atoms. The highest BCUT2D eigenvalue weighted by atomic mass is 35.5. The summed E-state index contributed by atoms with van der Waals surface area (Å²) in [6.45, 7) is 2.04. The molecule has 0 radical (unpaired) electrons. The SMILES string of the molecule is O=C(N[C@@H]1CCN(Cc2ccccn2)C[C@H]1O)c1ccc(Cl)s1. The second-order valence-corrected chi connectivity index (χ2v) is 7.31. The molecule has 23 heavy (non-hydrogen) atoms. The van der Waals surface area contributed by atoms with Gasteiger partial charge in [-0.3, -0.25) is 14.7 Å². The molecule has 3 heterocycles. The van der Waals surface area contributed by atoms with Gasteiger partial charge in [-0.25, -0.2) is 0 Å². The van der Waals surface area contributed by atoms with Gasteiger partial charge in [-0.1, -0.05) is 17.7 Å². The van der Waals surface area contributed by atoms with Crippen LogP contribution in [0.3, 0.4) is 0 Å². The van der Waals surface area contributed by atoms with E-state index in [1.807, 2.05) is 18.2 Å². The lowest BCUT2D eigenvalue weighted by molar-refractivity contribution is 0.0346. The van der Waals surface area contributed by atoms with Gasteiger partial charge in [0.15, 0.2) is 0 Å². The first-order valence-corrected chi connectivity index (χ1v) is 8.68. The number of piperidine rings is 1. The molecule has 3 rings (SSSR count). The summed E-state index contributed by atoms with van der Waals surface area (Å²) in [5.74, 6) is -0.177. The number of hydrogen-bond donors (Lipinski definition) is 2. The Hall–Kier alpha value is -1.47. The molecule has 2 aromatic rings. The Labute approximate surface area is 143 Å². The zero-order valence-electron chi connectivity index (χ0n) is 12.5. The van der Waals surface area contributed by atoms with E-state index in [1.165, 1.54) is 11.3 Å². The van der Waals surface area contributed by atoms with Gasteiger partial charge < -0.3 is 10.4 Å². The fourth-order valence-corrected chi connectivity index (χ4v) is 3.65. The lowest BCUT2D eigenvalue weighted by Crippen LogP contribution is -2.53. The molecule has 2 N–H and O–H groups in total. The molecule has 1 fully saturated rings. The van der Waals surface area contributed by atoms with Crippen molar-refractivity contribution < 1.29 is 9.90 Å². The van der Waals surface area contributed by atoms with Crippen LogP contribution in [0.5, 0.6) is 0 Å². The molecule has 1 amide bonds. The van der Waals surface area contributed by atoms with Gasteiger partial charge in [0.05, 0.1) is 27.1 Å². The number of amides is 1. The van der Waals surface area contributed by atoms with E-state index >= 15 is 0 Å². The van der Waals surface area contributed by atoms with Crippen LogP contribution in [-0.2, 0) is 6.54 Å². The van der Waals surface area contributed by atoms with Gasteiger partial charge in [0.2, 0.25) is 0 Å². The number of aromatic nitrogens is 1. The minimum atomic E-state index is -0.591. The monoisotopic (exact) mass is 351 g/mol. The van der Waals surface area contributed by atoms with Crippen molar-refractivity contribution in [1.82, 2.24) is 15.2 Å². The van der Waals surface area contributed by atoms with Crippen molar-refractivity contribution in [2.45, 2.75) is 25.1 Å². The summed E-state index contributed by atoms with van der Waals surface area (Å²) in [5.41, 5.74) is 0.982. The number of carbonyl (C=O) groups is 1. The minimum absolute atomic E-state index is 0.177. The summed E-state index contributed by atoms with van der Waals surface area (Å²) in [6, 6.07) is 8.98. The lowest BCUT2D eigenvalue weighted by Gasteiger charge is -2.36. The van der Waals surface area contributed by atoms with Gasteiger partial charge in [-0.2, -0.15) is 0 Å². The standard InChI is InChI=1S/C16H18ClN3O2S/c17-15-5-4-14(23-15)16(22)19-12-6-8-20(10-13(12)21)9-11-3-1-2-7-18-11/h1-5,7,12-13,21H,6,8-10H2,(H,19,22)/t12-,13-/m1/s1. The highest BCUT2D eigenvalue weighted by Gasteiger charge is 2.29. The number of hydrogen-bond acceptors (Lipinski definition) is 5. The second-order valence-electron chi connectivity index (χ2n) is 5.60. The highest BCUT2D eigenvalue weighted by Crippen LogP contribution is 2.22. The zero-order chi connectivity index (χ0) is 16.2. The van der Waals surface area contributed by atoms with Crippen LogP contribution in [0.1, 0.15) is 21.8 Å². The molecule has 0 saturated carbocycles. The molecular weight excluding hydrogens is 334 g/mol. The Morgan fingerprint density at radius 1 is 1.43 bits per heavy atom. The highest BCUT2D eigenvalue weighted by molar-refractivity contribution is 7.17. The van der Waals surface area contributed by atoms with Gasteiger partial charge >= 0.3 is 0 Å². The number of nitrogens with one attached hydrogen (secondary N) is 1. The molecule has 1 aliphatic rings. The molecule has 122 valence electrons. The van der Waals surface area contributed by atoms with E-state index in [-0.39, 0.29) is 11.9 Å². The third-order valence-corrected chi connectivity index (χ3v) is 5.12. The van der Waals surface area contributed by atoms with E-state index in [1.54, 1.807) is 18.3 Å². The lowest BCUT2D eigenvalue weighted by atomic mass is 10.0. The van der Waals surface area contributed by atoms with Crippen LogP contribution in [0.4, 0.5) is 0 Å². The maximum Gasteiger partial charge on any atom is 0.261 e. The number of pyridine rings is 1. The van der Waals surface area contributed by atoms with E-state index in [0.29, 0.717) is 28.7 Å². The van der Waals surface area contributed by atoms with Crippen LogP contribution in [0.25, 0.3) is 0 Å². The molecular formula is C16H18ClN3O2S. The molecule has 1 aliphatic heterocycles. The molecule has 7 heteroatoms. The van der Waals surface area contributed by atoms with Crippen molar-refractivity contribution in [2.24, 2.45) is 0 Å². The Kier molecular flexibility index (Phi) is 5.27. The Morgan fingerprint density at radius 2 is 2.30 bits per heavy atom. The van der Waals surface area contributed by atoms with Crippen molar-refractivity contribution in [2.75, 3.05) is 13.1 Å². The van der Waals surface area contributed by atoms with Crippen molar-refractivity contribution in [3.8, 4) is 0 Å². The van der Waals surface area contributed by atoms with Crippen LogP contribution in [-0.4, -0.2) is 46.1 Å². The molecule has 0 aliphatic carbocycles. The van der Waals surface area contributed by atoms with Crippen molar-refractivity contribution in [3.63, 3.8) is 0 Å². The van der Waals surface area contributed by atoms with Crippen LogP contribution < -0.4 is 5.32 Å². The third-order valence-electron chi connectivity index (χ3n) is 3.89. The van der Waals surface area contributed by atoms with Crippen molar-refractivity contribution in [1.29, 1.82) is 0 Å². The van der Waals surface area contributed by atoms with Crippen LogP contribution in [0.2, 0.25) is 4.34 Å². The number of thiophene rings is 1. The summed E-state index contributed by atoms with van der Waals surface area (Å²) in [6.07, 6.45) is 1.89. The van der Waals surface area contributed by atoms with Gasteiger partial charge in [0, 0.05) is 25.8 Å². The fraction of sp³-hybridized carbons (Fsp3) is 0.375. The summed E-state index contributed by atoms with van der Waals surface area (Å²) >= 11 is 7.09. The number of nitrogens with zero attached hydrogens (tertiary/aromatic N) is 2. The van der Waals surface area contributed by atoms with Crippen LogP contribution >= 0.6 is 22.9 Å². The Bertz CT molecular complexity index is 664. The maximum absolute atomic E-state index is 12.2. The molecule has 2 aromatic heterocycles. The molecule has 5 nitrogen and oxygen atoms in total. The third kappa shape index (κ3) is 4.29. The quantitative estimate of drug-likeness (QED) is 0.886. The summed E-state index contributed by atoms with van der Waals surface area (Å²) in [7, 11) is 0. The summed E-state index contributed by atoms with van der Waals surface area (Å²) in [4.78, 5) is 19.2. The molecule has 0 unspecified atom stereocenters. The smallest absolute Gasteiger partial charge is 0.261 e. The average molecular weight is 352 g/mol. The predicted molar refractivity (Wildman–Crippen MR) is 90.7 cm³/mol. The largest absolute Gasteiger partial charge is 0.390 e. The number of aliphatic hydroxyl groups is 1. The van der Waals surface area contributed by atoms with E-state index < -0.39 is 6.10 Å². The number of carbonyl (C=O) groups excluding carboxylic acids is 1. The zero-order valence-corrected chi connectivity index (χ0v) is 14.1. The average Bonchev–Trinajstić information content (AvgIpc) is 2.98. The van der Waals surface area contributed by atoms with Crippen molar-refractivity contribution in [3.05, 3.63) is 51.4 Å². The van der Waals surface area contributed by atoms with Crippen LogP contribution in [0.15, 0.2) is 36.5 Å². The van der Waals surface area contributed by atoms with Gasteiger partial charge in [-0.15, -0.1) is 11.3 Å². The first kappa shape index (κ1) is 16.4. The Balaban J connectivity index is 1.53. The van der Waals surface area contributed by atoms with E-state index in [2.05, 4.69) is 15.2 Å². The first-order chi connectivity index (χ1) is 11.1. The van der Waals surface area contributed by atoms with Crippen molar-refractivity contribution >= 4 is 28.8 Å². The number of rotatable bonds is 4. The van der Waals surface area contributed by atoms with E-state index in [9.17, 15) is 9.90 Å². The topological polar surface area (TPSA) is 65.5 Å². The minimum Gasteiger partial charge on any atom is -0.390 e. The maximum atomic E-state index is 12.2. The fourth-order valence-electron chi connectivity index (χ4n) is 2.71. The first-order valence-electron chi connectivity index (χ1n) is 7.48. The number of β-amino-alcohol motifs (C(OH)–C–C–N with tert-alkyl or cyclic N) is 1. The molecule has 0 bridgehead atoms. The molecule has 0 aromatic carbocycles. The van der Waals surface area contributed by atoms with Gasteiger partial charge in [0.25, 0.3) is 5.91 Å². The second kappa shape index (κ2) is 7.40. The summed E-state index contributed by atoms with van der Waals surface area (Å²) < 4.78 is 0.584. The number of halogens is 1. The van der Waals surface area contributed by atoms with Crippen LogP contribution in [0, 0.1) is 0 Å². The van der Waals surface area contributed by atoms with Gasteiger partial charge in [-0.05, 0) is 30.7 Å². The molecule has 2 atom stereocenters. The molecule has 1 saturated heterocycles. The van der Waals surface area contributed by atoms with Gasteiger partial charge in [0.1, 0.15) is 0 Å². The number of likely N-dealkylation sites (tertiary alicyclic amines) is 1. The number of aliphatic hydroxyl groups excluding tert-OH is 1.